The lowest BCUT2D eigenvalue weighted by Crippen LogP contribution is -2.52. The van der Waals surface area contributed by atoms with Gasteiger partial charge in [-0.1, -0.05) is 0 Å². The summed E-state index contributed by atoms with van der Waals surface area (Å²) in [6.07, 6.45) is -0.387. The Balaban J connectivity index is 1.79. The third-order valence-electron chi connectivity index (χ3n) is 4.11. The summed E-state index contributed by atoms with van der Waals surface area (Å²) < 4.78 is 13.3. The first-order valence-corrected chi connectivity index (χ1v) is 8.22. The highest BCUT2D eigenvalue weighted by Crippen LogP contribution is 2.14. The van der Waals surface area contributed by atoms with Crippen LogP contribution in [0.4, 0.5) is 14.9 Å². The van der Waals surface area contributed by atoms with Crippen molar-refractivity contribution in [2.45, 2.75) is 13.0 Å². The Morgan fingerprint density at radius 2 is 2.00 bits per heavy atom. The fraction of sp³-hybridized carbons (Fsp3) is 0.588. The minimum atomic E-state index is -0.387. The number of β-amino-alcohol motifs (C(OH)–C–C–N with tert-alkyl or cyclic N) is 1. The molecule has 7 heteroatoms. The van der Waals surface area contributed by atoms with Crippen molar-refractivity contribution < 1.29 is 14.3 Å². The normalized spacial score (nSPS) is 17.2. The monoisotopic (exact) mass is 338 g/mol. The summed E-state index contributed by atoms with van der Waals surface area (Å²) in [5.41, 5.74) is 1.11. The highest BCUT2D eigenvalue weighted by atomic mass is 19.1. The number of rotatable bonds is 5. The second-order valence-corrected chi connectivity index (χ2v) is 6.60. The highest BCUT2D eigenvalue weighted by Gasteiger charge is 2.22. The number of anilines is 1. The molecule has 0 radical (unpaired) electrons. The van der Waals surface area contributed by atoms with Gasteiger partial charge in [0, 0.05) is 45.0 Å². The third kappa shape index (κ3) is 5.43. The summed E-state index contributed by atoms with van der Waals surface area (Å²) in [5, 5.41) is 12.8. The Bertz CT molecular complexity index is 560. The molecule has 1 aromatic carbocycles. The fourth-order valence-corrected chi connectivity index (χ4v) is 2.84. The van der Waals surface area contributed by atoms with E-state index in [2.05, 4.69) is 10.2 Å². The number of likely N-dealkylation sites (N-methyl/N-ethyl adjacent to an activating group) is 1. The van der Waals surface area contributed by atoms with Gasteiger partial charge in [-0.15, -0.1) is 0 Å². The second-order valence-electron chi connectivity index (χ2n) is 6.60. The van der Waals surface area contributed by atoms with Crippen molar-refractivity contribution in [1.82, 2.24) is 14.7 Å². The molecule has 2 amide bonds. The van der Waals surface area contributed by atoms with Crippen LogP contribution in [0.15, 0.2) is 18.2 Å². The quantitative estimate of drug-likeness (QED) is 0.847. The summed E-state index contributed by atoms with van der Waals surface area (Å²) in [5.74, 6) is -0.280. The molecule has 1 saturated heterocycles. The van der Waals surface area contributed by atoms with Crippen molar-refractivity contribution in [2.75, 3.05) is 58.7 Å². The molecule has 24 heavy (non-hydrogen) atoms. The molecule has 1 aliphatic rings. The number of carbonyl (C=O) groups excluding carboxylic acids is 1. The summed E-state index contributed by atoms with van der Waals surface area (Å²) in [6, 6.07) is 4.37. The van der Waals surface area contributed by atoms with E-state index in [1.807, 2.05) is 19.0 Å². The number of piperazine rings is 1. The van der Waals surface area contributed by atoms with E-state index in [9.17, 15) is 14.3 Å². The molecule has 0 unspecified atom stereocenters. The molecule has 6 nitrogen and oxygen atoms in total. The molecule has 1 heterocycles. The molecule has 1 fully saturated rings. The Kier molecular flexibility index (Phi) is 6.53. The summed E-state index contributed by atoms with van der Waals surface area (Å²) >= 11 is 0. The zero-order chi connectivity index (χ0) is 17.7. The summed E-state index contributed by atoms with van der Waals surface area (Å²) in [4.78, 5) is 18.2. The van der Waals surface area contributed by atoms with E-state index < -0.39 is 0 Å². The lowest BCUT2D eigenvalue weighted by atomic mass is 10.2. The van der Waals surface area contributed by atoms with Crippen LogP contribution in [0.1, 0.15) is 5.56 Å². The average molecular weight is 338 g/mol. The number of hydrogen-bond donors (Lipinski definition) is 2. The van der Waals surface area contributed by atoms with E-state index in [0.717, 1.165) is 13.1 Å². The Hall–Kier alpha value is -1.70. The average Bonchev–Trinajstić information content (AvgIpc) is 2.50. The number of aliphatic hydroxyl groups excluding tert-OH is 1. The van der Waals surface area contributed by atoms with Gasteiger partial charge in [0.2, 0.25) is 0 Å². The zero-order valence-electron chi connectivity index (χ0n) is 14.6. The molecular formula is C17H27FN4O2. The van der Waals surface area contributed by atoms with Gasteiger partial charge in [0.25, 0.3) is 0 Å². The predicted molar refractivity (Wildman–Crippen MR) is 92.7 cm³/mol. The topological polar surface area (TPSA) is 59.1 Å². The molecule has 1 atom stereocenters. The van der Waals surface area contributed by atoms with Gasteiger partial charge in [-0.2, -0.15) is 0 Å². The lowest BCUT2D eigenvalue weighted by Gasteiger charge is -2.35. The van der Waals surface area contributed by atoms with Crippen LogP contribution < -0.4 is 5.32 Å². The molecular weight excluding hydrogens is 311 g/mol. The summed E-state index contributed by atoms with van der Waals surface area (Å²) in [6.45, 7) is 5.61. The first kappa shape index (κ1) is 18.6. The number of carbonyl (C=O) groups is 1. The zero-order valence-corrected chi connectivity index (χ0v) is 14.6. The van der Waals surface area contributed by atoms with E-state index in [1.54, 1.807) is 24.0 Å². The van der Waals surface area contributed by atoms with Crippen molar-refractivity contribution in [2.24, 2.45) is 0 Å². The molecule has 0 aromatic heterocycles. The number of amides is 2. The van der Waals surface area contributed by atoms with E-state index in [4.69, 9.17) is 0 Å². The lowest BCUT2D eigenvalue weighted by molar-refractivity contribution is 0.0677. The van der Waals surface area contributed by atoms with E-state index in [1.165, 1.54) is 6.07 Å². The number of nitrogens with zero attached hydrogens (tertiary/aromatic N) is 3. The van der Waals surface area contributed by atoms with Gasteiger partial charge in [-0.25, -0.2) is 9.18 Å². The molecule has 1 aliphatic heterocycles. The molecule has 1 aromatic rings. The van der Waals surface area contributed by atoms with Crippen LogP contribution in [-0.4, -0.2) is 85.3 Å². The maximum absolute atomic E-state index is 13.3. The van der Waals surface area contributed by atoms with Gasteiger partial charge >= 0.3 is 6.03 Å². The van der Waals surface area contributed by atoms with Crippen LogP contribution in [0.5, 0.6) is 0 Å². The summed E-state index contributed by atoms with van der Waals surface area (Å²) in [7, 11) is 3.87. The maximum atomic E-state index is 13.3. The second kappa shape index (κ2) is 8.41. The van der Waals surface area contributed by atoms with Crippen molar-refractivity contribution in [3.63, 3.8) is 0 Å². The number of nitrogens with one attached hydrogen (secondary N) is 1. The standard InChI is InChI=1S/C17H27FN4O2/c1-13-10-14(4-5-16(13)18)19-17(24)22-8-6-21(7-9-22)12-15(23)11-20(2)3/h4-5,10,15,23H,6-9,11-12H2,1-3H3,(H,19,24)/t15-/m1/s1. The van der Waals surface area contributed by atoms with Gasteiger partial charge in [0.15, 0.2) is 0 Å². The van der Waals surface area contributed by atoms with Crippen LogP contribution in [0.3, 0.4) is 0 Å². The number of halogens is 1. The minimum Gasteiger partial charge on any atom is -0.390 e. The van der Waals surface area contributed by atoms with Gasteiger partial charge in [-0.3, -0.25) is 4.90 Å². The van der Waals surface area contributed by atoms with Gasteiger partial charge in [-0.05, 0) is 44.8 Å². The van der Waals surface area contributed by atoms with Crippen LogP contribution in [0.2, 0.25) is 0 Å². The molecule has 2 rings (SSSR count). The van der Waals surface area contributed by atoms with Crippen molar-refractivity contribution in [3.8, 4) is 0 Å². The van der Waals surface area contributed by atoms with E-state index >= 15 is 0 Å². The maximum Gasteiger partial charge on any atom is 0.321 e. The smallest absolute Gasteiger partial charge is 0.321 e. The molecule has 0 bridgehead atoms. The van der Waals surface area contributed by atoms with E-state index in [-0.39, 0.29) is 18.0 Å². The minimum absolute atomic E-state index is 0.172. The Labute approximate surface area is 142 Å². The molecule has 0 spiro atoms. The molecule has 2 N–H and O–H groups in total. The van der Waals surface area contributed by atoms with Crippen LogP contribution >= 0.6 is 0 Å². The third-order valence-corrected chi connectivity index (χ3v) is 4.11. The van der Waals surface area contributed by atoms with Crippen LogP contribution in [0.25, 0.3) is 0 Å². The van der Waals surface area contributed by atoms with Gasteiger partial charge in [0.05, 0.1) is 6.10 Å². The molecule has 0 saturated carbocycles. The Morgan fingerprint density at radius 3 is 2.58 bits per heavy atom. The number of benzene rings is 1. The number of hydrogen-bond acceptors (Lipinski definition) is 4. The van der Waals surface area contributed by atoms with Crippen molar-refractivity contribution >= 4 is 11.7 Å². The Morgan fingerprint density at radius 1 is 1.33 bits per heavy atom. The van der Waals surface area contributed by atoms with Crippen molar-refractivity contribution in [3.05, 3.63) is 29.6 Å². The molecule has 134 valence electrons. The highest BCUT2D eigenvalue weighted by molar-refractivity contribution is 5.89. The number of aliphatic hydroxyl groups is 1. The van der Waals surface area contributed by atoms with Crippen LogP contribution in [-0.2, 0) is 0 Å². The van der Waals surface area contributed by atoms with Gasteiger partial charge < -0.3 is 20.2 Å². The SMILES string of the molecule is Cc1cc(NC(=O)N2CCN(C[C@H](O)CN(C)C)CC2)ccc1F. The largest absolute Gasteiger partial charge is 0.390 e. The fourth-order valence-electron chi connectivity index (χ4n) is 2.84. The first-order valence-electron chi connectivity index (χ1n) is 8.22. The van der Waals surface area contributed by atoms with Crippen molar-refractivity contribution in [1.29, 1.82) is 0 Å². The first-order chi connectivity index (χ1) is 11.3. The molecule has 0 aliphatic carbocycles. The predicted octanol–water partition coefficient (Wildman–Crippen LogP) is 1.21. The van der Waals surface area contributed by atoms with E-state index in [0.29, 0.717) is 37.4 Å². The van der Waals surface area contributed by atoms with Crippen LogP contribution in [0, 0.1) is 12.7 Å². The number of aryl methyl sites for hydroxylation is 1. The number of urea groups is 1. The van der Waals surface area contributed by atoms with Gasteiger partial charge in [0.1, 0.15) is 5.82 Å².